The number of ketones is 1. The Morgan fingerprint density at radius 2 is 1.91 bits per heavy atom. The number of carboxylic acid groups (broad SMARTS) is 1. The molecule has 0 spiro atoms. The molecule has 1 saturated carbocycles. The zero-order chi connectivity index (χ0) is 25.0. The SMILES string of the molecule is CC(=O)[C@@]1(N)C[C@H]1/C=C\CCCCC[C@H](NC(=O)C(F)(F)F)C(=O)N1C[C@H](O)C[C@H]1C(=O)O. The summed E-state index contributed by atoms with van der Waals surface area (Å²) in [6.45, 7) is 1.12. The number of alkyl halides is 3. The minimum Gasteiger partial charge on any atom is -0.480 e. The van der Waals surface area contributed by atoms with E-state index in [1.165, 1.54) is 6.92 Å². The number of carbonyl (C=O) groups is 4. The van der Waals surface area contributed by atoms with Crippen molar-refractivity contribution in [2.75, 3.05) is 6.54 Å². The molecule has 33 heavy (non-hydrogen) atoms. The summed E-state index contributed by atoms with van der Waals surface area (Å²) in [7, 11) is 0. The third kappa shape index (κ3) is 7.00. The van der Waals surface area contributed by atoms with Gasteiger partial charge in [0.15, 0.2) is 0 Å². The number of aliphatic hydroxyl groups is 1. The Hall–Kier alpha value is -2.47. The van der Waals surface area contributed by atoms with E-state index < -0.39 is 47.7 Å². The van der Waals surface area contributed by atoms with Crippen molar-refractivity contribution in [1.29, 1.82) is 0 Å². The molecule has 1 aliphatic carbocycles. The lowest BCUT2D eigenvalue weighted by atomic mass is 10.0. The summed E-state index contributed by atoms with van der Waals surface area (Å²) < 4.78 is 38.1. The van der Waals surface area contributed by atoms with Gasteiger partial charge in [0.2, 0.25) is 5.91 Å². The van der Waals surface area contributed by atoms with Gasteiger partial charge in [-0.15, -0.1) is 0 Å². The van der Waals surface area contributed by atoms with Crippen LogP contribution in [0, 0.1) is 5.92 Å². The van der Waals surface area contributed by atoms with Gasteiger partial charge in [0.05, 0.1) is 11.6 Å². The van der Waals surface area contributed by atoms with E-state index in [4.69, 9.17) is 5.73 Å². The van der Waals surface area contributed by atoms with Gasteiger partial charge in [-0.25, -0.2) is 4.79 Å². The van der Waals surface area contributed by atoms with Gasteiger partial charge in [0, 0.05) is 18.9 Å². The summed E-state index contributed by atoms with van der Waals surface area (Å²) in [5.74, 6) is -4.68. The Labute approximate surface area is 189 Å². The molecule has 5 atom stereocenters. The molecule has 5 N–H and O–H groups in total. The van der Waals surface area contributed by atoms with Crippen molar-refractivity contribution >= 4 is 23.6 Å². The maximum absolute atomic E-state index is 12.8. The van der Waals surface area contributed by atoms with E-state index in [2.05, 4.69) is 0 Å². The lowest BCUT2D eigenvalue weighted by Gasteiger charge is -2.27. The van der Waals surface area contributed by atoms with Gasteiger partial charge < -0.3 is 26.2 Å². The van der Waals surface area contributed by atoms with Crippen LogP contribution in [-0.2, 0) is 19.2 Å². The highest BCUT2D eigenvalue weighted by Gasteiger charge is 2.53. The van der Waals surface area contributed by atoms with Crippen molar-refractivity contribution in [3.8, 4) is 0 Å². The summed E-state index contributed by atoms with van der Waals surface area (Å²) >= 11 is 0. The highest BCUT2D eigenvalue weighted by molar-refractivity contribution is 5.92. The molecule has 2 rings (SSSR count). The zero-order valence-corrected chi connectivity index (χ0v) is 18.3. The van der Waals surface area contributed by atoms with Crippen LogP contribution in [0.25, 0.3) is 0 Å². The summed E-state index contributed by atoms with van der Waals surface area (Å²) in [5.41, 5.74) is 5.13. The summed E-state index contributed by atoms with van der Waals surface area (Å²) in [6, 6.07) is -2.92. The number of halogens is 3. The number of likely N-dealkylation sites (tertiary alicyclic amines) is 1. The van der Waals surface area contributed by atoms with Crippen LogP contribution in [0.3, 0.4) is 0 Å². The van der Waals surface area contributed by atoms with Crippen LogP contribution in [0.15, 0.2) is 12.2 Å². The highest BCUT2D eigenvalue weighted by atomic mass is 19.4. The van der Waals surface area contributed by atoms with E-state index >= 15 is 0 Å². The average molecular weight is 477 g/mol. The molecule has 12 heteroatoms. The number of aliphatic carboxylic acids is 1. The van der Waals surface area contributed by atoms with Gasteiger partial charge in [-0.2, -0.15) is 13.2 Å². The molecule has 2 aliphatic rings. The number of amides is 2. The Bertz CT molecular complexity index is 803. The van der Waals surface area contributed by atoms with Gasteiger partial charge in [-0.05, 0) is 32.6 Å². The Morgan fingerprint density at radius 3 is 2.45 bits per heavy atom. The van der Waals surface area contributed by atoms with Crippen LogP contribution in [0.4, 0.5) is 13.2 Å². The van der Waals surface area contributed by atoms with Crippen molar-refractivity contribution < 1.29 is 42.6 Å². The lowest BCUT2D eigenvalue weighted by Crippen LogP contribution is -2.54. The van der Waals surface area contributed by atoms with Crippen molar-refractivity contribution in [2.45, 2.75) is 81.8 Å². The zero-order valence-electron chi connectivity index (χ0n) is 18.3. The van der Waals surface area contributed by atoms with Crippen LogP contribution in [-0.4, -0.2) is 75.1 Å². The van der Waals surface area contributed by atoms with Crippen molar-refractivity contribution in [2.24, 2.45) is 11.7 Å². The molecule has 0 radical (unpaired) electrons. The Morgan fingerprint density at radius 1 is 1.24 bits per heavy atom. The van der Waals surface area contributed by atoms with Gasteiger partial charge >= 0.3 is 18.1 Å². The number of nitrogens with one attached hydrogen (secondary N) is 1. The first-order valence-corrected chi connectivity index (χ1v) is 10.8. The summed E-state index contributed by atoms with van der Waals surface area (Å²) in [4.78, 5) is 47.7. The predicted molar refractivity (Wildman–Crippen MR) is 110 cm³/mol. The molecule has 2 fully saturated rings. The molecule has 0 aromatic carbocycles. The van der Waals surface area contributed by atoms with Crippen LogP contribution < -0.4 is 11.1 Å². The molecule has 0 aromatic rings. The van der Waals surface area contributed by atoms with Crippen LogP contribution in [0.2, 0.25) is 0 Å². The second kappa shape index (κ2) is 10.6. The number of nitrogens with two attached hydrogens (primary N) is 1. The molecule has 1 aliphatic heterocycles. The number of aliphatic hydroxyl groups excluding tert-OH is 1. The van der Waals surface area contributed by atoms with Crippen LogP contribution in [0.5, 0.6) is 0 Å². The van der Waals surface area contributed by atoms with Crippen molar-refractivity contribution in [1.82, 2.24) is 10.2 Å². The van der Waals surface area contributed by atoms with E-state index in [0.29, 0.717) is 32.1 Å². The third-order valence-corrected chi connectivity index (χ3v) is 6.15. The fourth-order valence-corrected chi connectivity index (χ4v) is 3.99. The Kier molecular flexibility index (Phi) is 8.63. The number of carboxylic acids is 1. The average Bonchev–Trinajstić information content (AvgIpc) is 3.21. The number of Topliss-reactive ketones (excluding diaryl/α,β-unsaturated/α-hetero) is 1. The first-order chi connectivity index (χ1) is 15.3. The minimum absolute atomic E-state index is 0.00701. The number of carbonyl (C=O) groups excluding carboxylic acids is 3. The number of hydrogen-bond acceptors (Lipinski definition) is 6. The van der Waals surface area contributed by atoms with Gasteiger partial charge in [-0.1, -0.05) is 25.0 Å². The molecule has 0 unspecified atom stereocenters. The number of allylic oxidation sites excluding steroid dienone is 1. The van der Waals surface area contributed by atoms with Gasteiger partial charge in [0.1, 0.15) is 17.9 Å². The van der Waals surface area contributed by atoms with Crippen molar-refractivity contribution in [3.63, 3.8) is 0 Å². The van der Waals surface area contributed by atoms with E-state index in [9.17, 15) is 42.6 Å². The maximum atomic E-state index is 12.8. The standard InChI is InChI=1S/C21H30F3N3O6/c1-12(28)20(25)10-13(20)7-5-3-2-4-6-8-15(26-19(33)21(22,23)24)17(30)27-11-14(29)9-16(27)18(31)32/h5,7,13-16,29H,2-4,6,8-11,25H2,1H3,(H,26,33)(H,31,32)/b7-5-/t13-,14-,15+,16+,20+/m1/s1. The van der Waals surface area contributed by atoms with E-state index in [1.54, 1.807) is 5.32 Å². The van der Waals surface area contributed by atoms with Crippen molar-refractivity contribution in [3.05, 3.63) is 12.2 Å². The molecule has 1 heterocycles. The number of nitrogens with zero attached hydrogens (tertiary/aromatic N) is 1. The van der Waals surface area contributed by atoms with Gasteiger partial charge in [-0.3, -0.25) is 14.4 Å². The maximum Gasteiger partial charge on any atom is 0.471 e. The quantitative estimate of drug-likeness (QED) is 0.255. The number of unbranched alkanes of at least 4 members (excludes halogenated alkanes) is 3. The highest BCUT2D eigenvalue weighted by Crippen LogP contribution is 2.42. The number of hydrogen-bond donors (Lipinski definition) is 4. The monoisotopic (exact) mass is 477 g/mol. The normalized spacial score (nSPS) is 28.1. The van der Waals surface area contributed by atoms with E-state index in [1.807, 2.05) is 12.2 Å². The minimum atomic E-state index is -5.19. The third-order valence-electron chi connectivity index (χ3n) is 6.15. The van der Waals surface area contributed by atoms with Gasteiger partial charge in [0.25, 0.3) is 0 Å². The molecular weight excluding hydrogens is 447 g/mol. The Balaban J connectivity index is 1.88. The number of β-amino-alcohol motifs (C(OH)–C–C–N with tert-alkyl or cyclic N) is 1. The van der Waals surface area contributed by atoms with Crippen LogP contribution in [0.1, 0.15) is 51.9 Å². The van der Waals surface area contributed by atoms with E-state index in [-0.39, 0.29) is 31.1 Å². The second-order valence-electron chi connectivity index (χ2n) is 8.73. The molecule has 2 amide bonds. The predicted octanol–water partition coefficient (Wildman–Crippen LogP) is 0.893. The van der Waals surface area contributed by atoms with Crippen LogP contribution >= 0.6 is 0 Å². The fraction of sp³-hybridized carbons (Fsp3) is 0.714. The summed E-state index contributed by atoms with van der Waals surface area (Å²) in [6.07, 6.45) is -0.105. The lowest BCUT2D eigenvalue weighted by molar-refractivity contribution is -0.175. The number of rotatable bonds is 11. The largest absolute Gasteiger partial charge is 0.480 e. The molecule has 186 valence electrons. The fourth-order valence-electron chi connectivity index (χ4n) is 3.99. The first kappa shape index (κ1) is 26.8. The summed E-state index contributed by atoms with van der Waals surface area (Å²) in [5, 5.41) is 20.6. The second-order valence-corrected chi connectivity index (χ2v) is 8.73. The molecule has 0 bridgehead atoms. The topological polar surface area (TPSA) is 150 Å². The smallest absolute Gasteiger partial charge is 0.471 e. The van der Waals surface area contributed by atoms with E-state index in [0.717, 1.165) is 4.90 Å². The first-order valence-electron chi connectivity index (χ1n) is 10.8. The molecule has 9 nitrogen and oxygen atoms in total. The molecule has 0 aromatic heterocycles. The molecule has 1 saturated heterocycles. The molecular formula is C21H30F3N3O6.